The Kier molecular flexibility index (Phi) is 6.69. The molecule has 1 aliphatic rings. The highest BCUT2D eigenvalue weighted by molar-refractivity contribution is 6.02. The first-order valence-corrected chi connectivity index (χ1v) is 8.66. The molecular weight excluding hydrogens is 368 g/mol. The van der Waals surface area contributed by atoms with E-state index in [0.717, 1.165) is 9.80 Å². The summed E-state index contributed by atoms with van der Waals surface area (Å²) in [6.07, 6.45) is 0. The van der Waals surface area contributed by atoms with Gasteiger partial charge in [-0.1, -0.05) is 12.1 Å². The van der Waals surface area contributed by atoms with Gasteiger partial charge in [-0.2, -0.15) is 0 Å². The fraction of sp³-hybridized carbons (Fsp3) is 0.389. The Bertz CT molecular complexity index is 776. The number of aliphatic carboxylic acids is 1. The van der Waals surface area contributed by atoms with Gasteiger partial charge >= 0.3 is 12.0 Å². The van der Waals surface area contributed by atoms with Crippen LogP contribution in [0.25, 0.3) is 0 Å². The second-order valence-corrected chi connectivity index (χ2v) is 6.33. The van der Waals surface area contributed by atoms with E-state index in [-0.39, 0.29) is 43.6 Å². The first-order valence-electron chi connectivity index (χ1n) is 8.66. The molecule has 1 unspecified atom stereocenters. The normalized spacial score (nSPS) is 14.4. The molecule has 150 valence electrons. The van der Waals surface area contributed by atoms with Crippen LogP contribution in [0.3, 0.4) is 0 Å². The minimum atomic E-state index is -1.16. The predicted molar refractivity (Wildman–Crippen MR) is 97.2 cm³/mol. The Morgan fingerprint density at radius 3 is 2.39 bits per heavy atom. The summed E-state index contributed by atoms with van der Waals surface area (Å²) in [5.74, 6) is -2.27. The van der Waals surface area contributed by atoms with Gasteiger partial charge in [-0.05, 0) is 24.6 Å². The van der Waals surface area contributed by atoms with Crippen LogP contribution in [0.5, 0.6) is 0 Å². The second-order valence-electron chi connectivity index (χ2n) is 6.33. The molecule has 0 spiro atoms. The number of nitrogens with one attached hydrogen (secondary N) is 2. The van der Waals surface area contributed by atoms with Gasteiger partial charge in [0.15, 0.2) is 0 Å². The van der Waals surface area contributed by atoms with Crippen LogP contribution in [0.2, 0.25) is 0 Å². The highest BCUT2D eigenvalue weighted by atomic mass is 16.4. The highest BCUT2D eigenvalue weighted by Crippen LogP contribution is 2.13. The van der Waals surface area contributed by atoms with Crippen LogP contribution in [0, 0.1) is 0 Å². The molecule has 1 aromatic carbocycles. The molecule has 10 heteroatoms. The van der Waals surface area contributed by atoms with Gasteiger partial charge in [-0.3, -0.25) is 19.3 Å². The number of urea groups is 1. The first-order chi connectivity index (χ1) is 13.2. The van der Waals surface area contributed by atoms with Crippen molar-refractivity contribution < 1.29 is 29.1 Å². The quantitative estimate of drug-likeness (QED) is 0.526. The van der Waals surface area contributed by atoms with Crippen LogP contribution in [-0.2, 0) is 20.9 Å². The zero-order chi connectivity index (χ0) is 20.8. The van der Waals surface area contributed by atoms with Gasteiger partial charge in [-0.15, -0.1) is 0 Å². The molecule has 1 fully saturated rings. The Hall–Kier alpha value is -3.43. The molecule has 3 N–H and O–H groups in total. The van der Waals surface area contributed by atoms with Crippen LogP contribution in [-0.4, -0.2) is 70.3 Å². The molecule has 5 amide bonds. The Balaban J connectivity index is 2.10. The SMILES string of the molecule is CC(=O)NCCN(C(=O)c1ccc(CN2C(=O)CNC2=O)cc1)C(C)C(=O)O. The number of carboxylic acids is 1. The first kappa shape index (κ1) is 20.9. The van der Waals surface area contributed by atoms with E-state index in [1.807, 2.05) is 0 Å². The molecule has 0 radical (unpaired) electrons. The molecule has 0 bridgehead atoms. The van der Waals surface area contributed by atoms with Crippen molar-refractivity contribution in [3.63, 3.8) is 0 Å². The molecule has 28 heavy (non-hydrogen) atoms. The fourth-order valence-corrected chi connectivity index (χ4v) is 2.67. The molecule has 0 saturated carbocycles. The zero-order valence-corrected chi connectivity index (χ0v) is 15.6. The molecule has 1 heterocycles. The van der Waals surface area contributed by atoms with Gasteiger partial charge in [0.1, 0.15) is 6.04 Å². The summed E-state index contributed by atoms with van der Waals surface area (Å²) in [4.78, 5) is 60.5. The third kappa shape index (κ3) is 5.06. The molecule has 1 aromatic rings. The summed E-state index contributed by atoms with van der Waals surface area (Å²) in [7, 11) is 0. The number of imide groups is 1. The maximum absolute atomic E-state index is 12.7. The molecule has 1 atom stereocenters. The third-order valence-corrected chi connectivity index (χ3v) is 4.29. The molecule has 1 aliphatic heterocycles. The summed E-state index contributed by atoms with van der Waals surface area (Å²) in [5, 5.41) is 14.2. The maximum atomic E-state index is 12.7. The molecule has 10 nitrogen and oxygen atoms in total. The summed E-state index contributed by atoms with van der Waals surface area (Å²) < 4.78 is 0. The lowest BCUT2D eigenvalue weighted by Crippen LogP contribution is -2.46. The third-order valence-electron chi connectivity index (χ3n) is 4.29. The second kappa shape index (κ2) is 8.98. The Morgan fingerprint density at radius 2 is 1.89 bits per heavy atom. The smallest absolute Gasteiger partial charge is 0.326 e. The monoisotopic (exact) mass is 390 g/mol. The molecule has 0 aromatic heterocycles. The van der Waals surface area contributed by atoms with Crippen molar-refractivity contribution in [2.75, 3.05) is 19.6 Å². The highest BCUT2D eigenvalue weighted by Gasteiger charge is 2.29. The Morgan fingerprint density at radius 1 is 1.25 bits per heavy atom. The molecule has 2 rings (SSSR count). The molecule has 0 aliphatic carbocycles. The maximum Gasteiger partial charge on any atom is 0.326 e. The van der Waals surface area contributed by atoms with Crippen LogP contribution in [0.1, 0.15) is 29.8 Å². The number of nitrogens with zero attached hydrogens (tertiary/aromatic N) is 2. The average Bonchev–Trinajstić information content (AvgIpc) is 2.96. The van der Waals surface area contributed by atoms with E-state index in [4.69, 9.17) is 0 Å². The topological polar surface area (TPSA) is 136 Å². The lowest BCUT2D eigenvalue weighted by atomic mass is 10.1. The van der Waals surface area contributed by atoms with E-state index < -0.39 is 23.9 Å². The number of carbonyl (C=O) groups is 5. The number of carboxylic acid groups (broad SMARTS) is 1. The summed E-state index contributed by atoms with van der Waals surface area (Å²) in [5.41, 5.74) is 0.912. The zero-order valence-electron chi connectivity index (χ0n) is 15.6. The van der Waals surface area contributed by atoms with Gasteiger partial charge in [0.25, 0.3) is 5.91 Å². The van der Waals surface area contributed by atoms with E-state index in [9.17, 15) is 29.1 Å². The summed E-state index contributed by atoms with van der Waals surface area (Å²) in [6, 6.07) is 4.68. The van der Waals surface area contributed by atoms with Crippen LogP contribution in [0.15, 0.2) is 24.3 Å². The van der Waals surface area contributed by atoms with Crippen molar-refractivity contribution in [2.45, 2.75) is 26.4 Å². The minimum Gasteiger partial charge on any atom is -0.480 e. The minimum absolute atomic E-state index is 0.0360. The van der Waals surface area contributed by atoms with E-state index >= 15 is 0 Å². The van der Waals surface area contributed by atoms with Gasteiger partial charge in [0, 0.05) is 25.6 Å². The summed E-state index contributed by atoms with van der Waals surface area (Å²) in [6.45, 7) is 2.93. The summed E-state index contributed by atoms with van der Waals surface area (Å²) >= 11 is 0. The van der Waals surface area contributed by atoms with Gasteiger partial charge in [-0.25, -0.2) is 9.59 Å². The van der Waals surface area contributed by atoms with E-state index in [1.165, 1.54) is 26.0 Å². The number of rotatable bonds is 8. The largest absolute Gasteiger partial charge is 0.480 e. The number of hydrogen-bond acceptors (Lipinski definition) is 5. The average molecular weight is 390 g/mol. The van der Waals surface area contributed by atoms with Gasteiger partial charge < -0.3 is 20.6 Å². The number of carbonyl (C=O) groups excluding carboxylic acids is 4. The number of benzene rings is 1. The number of amides is 5. The lowest BCUT2D eigenvalue weighted by Gasteiger charge is -2.26. The predicted octanol–water partition coefficient (Wildman–Crippen LogP) is -0.210. The fourth-order valence-electron chi connectivity index (χ4n) is 2.67. The lowest BCUT2D eigenvalue weighted by molar-refractivity contribution is -0.141. The van der Waals surface area contributed by atoms with Crippen LogP contribution < -0.4 is 10.6 Å². The van der Waals surface area contributed by atoms with Gasteiger partial charge in [0.2, 0.25) is 11.8 Å². The number of hydrogen-bond donors (Lipinski definition) is 3. The van der Waals surface area contributed by atoms with Crippen LogP contribution >= 0.6 is 0 Å². The van der Waals surface area contributed by atoms with Crippen molar-refractivity contribution in [3.8, 4) is 0 Å². The standard InChI is InChI=1S/C18H22N4O6/c1-11(17(26)27)21(8-7-19-12(2)23)16(25)14-5-3-13(4-6-14)10-22-15(24)9-20-18(22)28/h3-6,11H,7-10H2,1-2H3,(H,19,23)(H,20,28)(H,26,27). The van der Waals surface area contributed by atoms with Gasteiger partial charge in [0.05, 0.1) is 13.1 Å². The Labute approximate surface area is 161 Å². The van der Waals surface area contributed by atoms with E-state index in [1.54, 1.807) is 12.1 Å². The van der Waals surface area contributed by atoms with Crippen molar-refractivity contribution in [2.24, 2.45) is 0 Å². The van der Waals surface area contributed by atoms with E-state index in [2.05, 4.69) is 10.6 Å². The van der Waals surface area contributed by atoms with Crippen molar-refractivity contribution in [1.82, 2.24) is 20.4 Å². The molecular formula is C18H22N4O6. The van der Waals surface area contributed by atoms with Crippen molar-refractivity contribution in [3.05, 3.63) is 35.4 Å². The van der Waals surface area contributed by atoms with Crippen molar-refractivity contribution >= 4 is 29.7 Å². The van der Waals surface area contributed by atoms with E-state index in [0.29, 0.717) is 5.56 Å². The molecule has 1 saturated heterocycles. The van der Waals surface area contributed by atoms with Crippen molar-refractivity contribution in [1.29, 1.82) is 0 Å². The van der Waals surface area contributed by atoms with Crippen LogP contribution in [0.4, 0.5) is 4.79 Å².